The molecule has 33 heavy (non-hydrogen) atoms. The number of amides is 1. The third-order valence-corrected chi connectivity index (χ3v) is 7.97. The van der Waals surface area contributed by atoms with E-state index in [1.807, 2.05) is 29.2 Å². The summed E-state index contributed by atoms with van der Waals surface area (Å²) in [6.45, 7) is 6.40. The van der Waals surface area contributed by atoms with E-state index < -0.39 is 10.0 Å². The maximum absolute atomic E-state index is 13.3. The predicted molar refractivity (Wildman–Crippen MR) is 136 cm³/mol. The standard InChI is InChI=1S/C25H28BrN3O3S/c1-2-12-28-13-5-14-29(16-15-28)25(30)23-18-21(9-11-24(23)26)27-33(31,32)22-10-8-19-6-3-4-7-20(19)17-22/h3-4,6-11,17-18,27H,2,5,12-16H2,1H3. The van der Waals surface area contributed by atoms with Crippen LogP contribution in [0.15, 0.2) is 70.0 Å². The fourth-order valence-electron chi connectivity index (χ4n) is 4.19. The zero-order valence-corrected chi connectivity index (χ0v) is 21.0. The quantitative estimate of drug-likeness (QED) is 0.489. The molecule has 0 aromatic heterocycles. The first-order chi connectivity index (χ1) is 15.9. The molecule has 1 heterocycles. The van der Waals surface area contributed by atoms with E-state index in [1.54, 1.807) is 36.4 Å². The molecule has 4 rings (SSSR count). The summed E-state index contributed by atoms with van der Waals surface area (Å²) in [6, 6.07) is 17.6. The molecule has 8 heteroatoms. The van der Waals surface area contributed by atoms with Crippen molar-refractivity contribution in [3.8, 4) is 0 Å². The molecule has 1 aliphatic heterocycles. The molecule has 0 aliphatic carbocycles. The maximum atomic E-state index is 13.3. The molecule has 1 aliphatic rings. The van der Waals surface area contributed by atoms with Crippen LogP contribution in [0.25, 0.3) is 10.8 Å². The first-order valence-corrected chi connectivity index (χ1v) is 13.5. The lowest BCUT2D eigenvalue weighted by Crippen LogP contribution is -2.35. The monoisotopic (exact) mass is 529 g/mol. The van der Waals surface area contributed by atoms with Crippen molar-refractivity contribution in [1.82, 2.24) is 9.80 Å². The molecule has 0 bridgehead atoms. The Bertz CT molecular complexity index is 1260. The van der Waals surface area contributed by atoms with E-state index in [-0.39, 0.29) is 10.8 Å². The molecule has 3 aromatic rings. The van der Waals surface area contributed by atoms with Gasteiger partial charge in [-0.1, -0.05) is 37.3 Å². The number of nitrogens with zero attached hydrogens (tertiary/aromatic N) is 2. The SMILES string of the molecule is CCCN1CCCN(C(=O)c2cc(NS(=O)(=O)c3ccc4ccccc4c3)ccc2Br)CC1. The van der Waals surface area contributed by atoms with Gasteiger partial charge in [0.1, 0.15) is 0 Å². The van der Waals surface area contributed by atoms with Crippen molar-refractivity contribution in [3.05, 3.63) is 70.7 Å². The summed E-state index contributed by atoms with van der Waals surface area (Å²) in [4.78, 5) is 17.7. The van der Waals surface area contributed by atoms with E-state index in [1.165, 1.54) is 0 Å². The summed E-state index contributed by atoms with van der Waals surface area (Å²) in [5, 5.41) is 1.83. The Balaban J connectivity index is 1.54. The summed E-state index contributed by atoms with van der Waals surface area (Å²) >= 11 is 3.47. The summed E-state index contributed by atoms with van der Waals surface area (Å²) in [5.74, 6) is -0.0908. The number of carbonyl (C=O) groups excluding carboxylic acids is 1. The largest absolute Gasteiger partial charge is 0.337 e. The number of anilines is 1. The molecule has 1 saturated heterocycles. The summed E-state index contributed by atoms with van der Waals surface area (Å²) in [6.07, 6.45) is 2.02. The molecule has 0 radical (unpaired) electrons. The van der Waals surface area contributed by atoms with Gasteiger partial charge in [-0.2, -0.15) is 0 Å². The van der Waals surface area contributed by atoms with E-state index in [2.05, 4.69) is 32.5 Å². The first kappa shape index (κ1) is 23.7. The fraction of sp³-hybridized carbons (Fsp3) is 0.320. The van der Waals surface area contributed by atoms with Gasteiger partial charge < -0.3 is 9.80 Å². The number of hydrogen-bond donors (Lipinski definition) is 1. The van der Waals surface area contributed by atoms with Gasteiger partial charge in [0.2, 0.25) is 0 Å². The average molecular weight is 530 g/mol. The molecule has 1 amide bonds. The Morgan fingerprint density at radius 2 is 1.76 bits per heavy atom. The van der Waals surface area contributed by atoms with Gasteiger partial charge >= 0.3 is 0 Å². The third-order valence-electron chi connectivity index (χ3n) is 5.90. The first-order valence-electron chi connectivity index (χ1n) is 11.2. The number of nitrogens with one attached hydrogen (secondary N) is 1. The van der Waals surface area contributed by atoms with Crippen LogP contribution in [0.1, 0.15) is 30.1 Å². The number of benzene rings is 3. The number of hydrogen-bond acceptors (Lipinski definition) is 4. The molecule has 0 atom stereocenters. The minimum atomic E-state index is -3.80. The molecular formula is C25H28BrN3O3S. The normalized spacial score (nSPS) is 15.4. The van der Waals surface area contributed by atoms with E-state index in [0.717, 1.165) is 43.2 Å². The zero-order valence-electron chi connectivity index (χ0n) is 18.6. The molecule has 1 fully saturated rings. The number of carbonyl (C=O) groups is 1. The van der Waals surface area contributed by atoms with Crippen molar-refractivity contribution in [2.75, 3.05) is 37.4 Å². The Morgan fingerprint density at radius 3 is 2.55 bits per heavy atom. The van der Waals surface area contributed by atoms with Crippen LogP contribution in [0.3, 0.4) is 0 Å². The van der Waals surface area contributed by atoms with Gasteiger partial charge in [-0.3, -0.25) is 9.52 Å². The molecule has 3 aromatic carbocycles. The molecule has 174 valence electrons. The van der Waals surface area contributed by atoms with Gasteiger partial charge in [0.05, 0.1) is 10.5 Å². The van der Waals surface area contributed by atoms with Gasteiger partial charge in [0.25, 0.3) is 15.9 Å². The molecular weight excluding hydrogens is 502 g/mol. The van der Waals surface area contributed by atoms with E-state index in [0.29, 0.717) is 28.8 Å². The van der Waals surface area contributed by atoms with E-state index in [4.69, 9.17) is 0 Å². The van der Waals surface area contributed by atoms with Crippen molar-refractivity contribution in [1.29, 1.82) is 0 Å². The molecule has 0 unspecified atom stereocenters. The van der Waals surface area contributed by atoms with Gasteiger partial charge in [-0.05, 0) is 83.0 Å². The van der Waals surface area contributed by atoms with Crippen LogP contribution in [0.4, 0.5) is 5.69 Å². The van der Waals surface area contributed by atoms with Gasteiger partial charge in [-0.15, -0.1) is 0 Å². The van der Waals surface area contributed by atoms with Crippen LogP contribution in [0.2, 0.25) is 0 Å². The van der Waals surface area contributed by atoms with E-state index >= 15 is 0 Å². The van der Waals surface area contributed by atoms with Crippen LogP contribution >= 0.6 is 15.9 Å². The fourth-order valence-corrected chi connectivity index (χ4v) is 5.69. The molecule has 0 saturated carbocycles. The average Bonchev–Trinajstić information content (AvgIpc) is 3.05. The number of rotatable bonds is 6. The summed E-state index contributed by atoms with van der Waals surface area (Å²) in [7, 11) is -3.80. The van der Waals surface area contributed by atoms with Gasteiger partial charge in [-0.25, -0.2) is 8.42 Å². The Morgan fingerprint density at radius 1 is 0.970 bits per heavy atom. The van der Waals surface area contributed by atoms with Crippen molar-refractivity contribution >= 4 is 48.3 Å². The smallest absolute Gasteiger partial charge is 0.261 e. The van der Waals surface area contributed by atoms with Crippen LogP contribution < -0.4 is 4.72 Å². The topological polar surface area (TPSA) is 69.7 Å². The molecule has 1 N–H and O–H groups in total. The predicted octanol–water partition coefficient (Wildman–Crippen LogP) is 4.96. The van der Waals surface area contributed by atoms with Crippen LogP contribution in [-0.4, -0.2) is 56.8 Å². The Labute approximate surface area is 203 Å². The van der Waals surface area contributed by atoms with E-state index in [9.17, 15) is 13.2 Å². The maximum Gasteiger partial charge on any atom is 0.261 e. The second kappa shape index (κ2) is 10.2. The minimum absolute atomic E-state index is 0.0908. The minimum Gasteiger partial charge on any atom is -0.337 e. The second-order valence-electron chi connectivity index (χ2n) is 8.30. The van der Waals surface area contributed by atoms with Crippen LogP contribution in [0, 0.1) is 0 Å². The zero-order chi connectivity index (χ0) is 23.4. The van der Waals surface area contributed by atoms with Crippen molar-refractivity contribution in [3.63, 3.8) is 0 Å². The highest BCUT2D eigenvalue weighted by Crippen LogP contribution is 2.26. The summed E-state index contributed by atoms with van der Waals surface area (Å²) in [5.41, 5.74) is 0.815. The van der Waals surface area contributed by atoms with Crippen molar-refractivity contribution in [2.24, 2.45) is 0 Å². The van der Waals surface area contributed by atoms with Gasteiger partial charge in [0.15, 0.2) is 0 Å². The highest BCUT2D eigenvalue weighted by molar-refractivity contribution is 9.10. The Kier molecular flexibility index (Phi) is 7.36. The Hall–Kier alpha value is -2.42. The second-order valence-corrected chi connectivity index (χ2v) is 10.8. The summed E-state index contributed by atoms with van der Waals surface area (Å²) < 4.78 is 29.3. The number of fused-ring (bicyclic) bond motifs is 1. The van der Waals surface area contributed by atoms with Crippen molar-refractivity contribution in [2.45, 2.75) is 24.7 Å². The molecule has 0 spiro atoms. The lowest BCUT2D eigenvalue weighted by atomic mass is 10.1. The third kappa shape index (κ3) is 5.57. The number of halogens is 1. The highest BCUT2D eigenvalue weighted by Gasteiger charge is 2.23. The highest BCUT2D eigenvalue weighted by atomic mass is 79.9. The lowest BCUT2D eigenvalue weighted by molar-refractivity contribution is 0.0760. The van der Waals surface area contributed by atoms with Crippen LogP contribution in [-0.2, 0) is 10.0 Å². The number of sulfonamides is 1. The van der Waals surface area contributed by atoms with Crippen molar-refractivity contribution < 1.29 is 13.2 Å². The van der Waals surface area contributed by atoms with Gasteiger partial charge in [0, 0.05) is 29.8 Å². The lowest BCUT2D eigenvalue weighted by Gasteiger charge is -2.22. The molecule has 6 nitrogen and oxygen atoms in total. The van der Waals surface area contributed by atoms with Crippen LogP contribution in [0.5, 0.6) is 0 Å².